The highest BCUT2D eigenvalue weighted by Gasteiger charge is 2.49. The Morgan fingerprint density at radius 2 is 1.51 bits per heavy atom. The lowest BCUT2D eigenvalue weighted by atomic mass is 9.89. The molecule has 1 heterocycles. The van der Waals surface area contributed by atoms with E-state index in [1.54, 1.807) is 39.0 Å². The Labute approximate surface area is 205 Å². The van der Waals surface area contributed by atoms with Crippen LogP contribution in [0.4, 0.5) is 4.79 Å². The van der Waals surface area contributed by atoms with E-state index in [4.69, 9.17) is 9.47 Å². The molecule has 178 valence electrons. The Hall–Kier alpha value is -4.11. The second-order valence-electron chi connectivity index (χ2n) is 9.50. The van der Waals surface area contributed by atoms with Crippen LogP contribution in [0.25, 0.3) is 0 Å². The van der Waals surface area contributed by atoms with Crippen molar-refractivity contribution in [3.63, 3.8) is 0 Å². The number of hydrogen-bond acceptors (Lipinski definition) is 5. The van der Waals surface area contributed by atoms with Gasteiger partial charge in [0.2, 0.25) is 0 Å². The van der Waals surface area contributed by atoms with Crippen LogP contribution in [0.3, 0.4) is 0 Å². The SMILES string of the molecule is CC(C)(C)OC(=O)N1[C@H](Cc2ccccc2C#N)C(=O)O[C@@H](c2ccccc2)[C@H]1c1ccccc1. The maximum atomic E-state index is 13.7. The molecule has 0 unspecified atom stereocenters. The van der Waals surface area contributed by atoms with Crippen LogP contribution in [0.2, 0.25) is 0 Å². The van der Waals surface area contributed by atoms with Crippen LogP contribution in [-0.2, 0) is 20.7 Å². The van der Waals surface area contributed by atoms with Gasteiger partial charge < -0.3 is 9.47 Å². The van der Waals surface area contributed by atoms with Crippen LogP contribution in [0.5, 0.6) is 0 Å². The third kappa shape index (κ3) is 5.36. The molecule has 0 spiro atoms. The summed E-state index contributed by atoms with van der Waals surface area (Å²) in [4.78, 5) is 28.7. The Morgan fingerprint density at radius 1 is 0.943 bits per heavy atom. The summed E-state index contributed by atoms with van der Waals surface area (Å²) in [6.07, 6.45) is -1.20. The maximum Gasteiger partial charge on any atom is 0.411 e. The molecular formula is C29H28N2O4. The van der Waals surface area contributed by atoms with Gasteiger partial charge in [0.1, 0.15) is 17.7 Å². The monoisotopic (exact) mass is 468 g/mol. The number of ether oxygens (including phenoxy) is 2. The molecule has 1 saturated heterocycles. The van der Waals surface area contributed by atoms with Gasteiger partial charge in [-0.1, -0.05) is 78.9 Å². The van der Waals surface area contributed by atoms with Crippen molar-refractivity contribution < 1.29 is 19.1 Å². The highest BCUT2D eigenvalue weighted by molar-refractivity contribution is 5.84. The van der Waals surface area contributed by atoms with E-state index < -0.39 is 35.9 Å². The summed E-state index contributed by atoms with van der Waals surface area (Å²) in [6.45, 7) is 5.37. The molecule has 0 N–H and O–H groups in total. The summed E-state index contributed by atoms with van der Waals surface area (Å²) in [5, 5.41) is 9.59. The van der Waals surface area contributed by atoms with Crippen molar-refractivity contribution in [1.29, 1.82) is 5.26 Å². The number of benzene rings is 3. The summed E-state index contributed by atoms with van der Waals surface area (Å²) in [5.41, 5.74) is 1.94. The zero-order valence-electron chi connectivity index (χ0n) is 20.0. The minimum absolute atomic E-state index is 0.132. The van der Waals surface area contributed by atoms with Crippen molar-refractivity contribution in [3.8, 4) is 6.07 Å². The van der Waals surface area contributed by atoms with Gasteiger partial charge in [0, 0.05) is 6.42 Å². The van der Waals surface area contributed by atoms with Crippen molar-refractivity contribution in [2.75, 3.05) is 0 Å². The predicted molar refractivity (Wildman–Crippen MR) is 131 cm³/mol. The quantitative estimate of drug-likeness (QED) is 0.456. The van der Waals surface area contributed by atoms with Gasteiger partial charge in [-0.05, 0) is 43.5 Å². The molecule has 0 aromatic heterocycles. The van der Waals surface area contributed by atoms with Crippen LogP contribution < -0.4 is 0 Å². The number of nitriles is 1. The molecule has 3 atom stereocenters. The first-order chi connectivity index (χ1) is 16.8. The fourth-order valence-corrected chi connectivity index (χ4v) is 4.35. The number of carbonyl (C=O) groups is 2. The van der Waals surface area contributed by atoms with Gasteiger partial charge in [-0.3, -0.25) is 4.90 Å². The molecule has 1 aliphatic heterocycles. The van der Waals surface area contributed by atoms with Crippen LogP contribution in [-0.4, -0.2) is 28.6 Å². The molecule has 0 aliphatic carbocycles. The molecule has 3 aromatic carbocycles. The molecule has 3 aromatic rings. The number of amides is 1. The molecule has 4 rings (SSSR count). The van der Waals surface area contributed by atoms with Crippen LogP contribution >= 0.6 is 0 Å². The second-order valence-corrected chi connectivity index (χ2v) is 9.50. The Bertz CT molecular complexity index is 1230. The average molecular weight is 469 g/mol. The summed E-state index contributed by atoms with van der Waals surface area (Å²) in [7, 11) is 0. The van der Waals surface area contributed by atoms with Gasteiger partial charge >= 0.3 is 12.1 Å². The number of morpholine rings is 1. The molecule has 1 aliphatic rings. The molecule has 0 radical (unpaired) electrons. The maximum absolute atomic E-state index is 13.7. The normalized spacial score (nSPS) is 20.0. The second kappa shape index (κ2) is 10.0. The third-order valence-electron chi connectivity index (χ3n) is 5.86. The van der Waals surface area contributed by atoms with E-state index >= 15 is 0 Å². The summed E-state index contributed by atoms with van der Waals surface area (Å²) < 4.78 is 11.8. The topological polar surface area (TPSA) is 79.6 Å². The number of esters is 1. The van der Waals surface area contributed by atoms with Gasteiger partial charge in [0.05, 0.1) is 11.6 Å². The zero-order chi connectivity index (χ0) is 25.0. The first-order valence-electron chi connectivity index (χ1n) is 11.6. The van der Waals surface area contributed by atoms with Crippen molar-refractivity contribution in [1.82, 2.24) is 4.90 Å². The Kier molecular flexibility index (Phi) is 6.88. The van der Waals surface area contributed by atoms with E-state index in [1.165, 1.54) is 4.90 Å². The molecule has 1 amide bonds. The van der Waals surface area contributed by atoms with Gasteiger partial charge in [-0.25, -0.2) is 9.59 Å². The Balaban J connectivity index is 1.85. The molecule has 35 heavy (non-hydrogen) atoms. The van der Waals surface area contributed by atoms with Crippen molar-refractivity contribution in [2.24, 2.45) is 0 Å². The average Bonchev–Trinajstić information content (AvgIpc) is 2.85. The van der Waals surface area contributed by atoms with Gasteiger partial charge in [-0.2, -0.15) is 5.26 Å². The van der Waals surface area contributed by atoms with Crippen molar-refractivity contribution in [2.45, 2.75) is 51.0 Å². The zero-order valence-corrected chi connectivity index (χ0v) is 20.0. The van der Waals surface area contributed by atoms with Crippen LogP contribution in [0, 0.1) is 11.3 Å². The summed E-state index contributed by atoms with van der Waals surface area (Å²) in [6, 6.07) is 26.6. The van der Waals surface area contributed by atoms with Gasteiger partial charge in [0.15, 0.2) is 6.10 Å². The lowest BCUT2D eigenvalue weighted by Crippen LogP contribution is -2.56. The molecule has 6 nitrogen and oxygen atoms in total. The largest absolute Gasteiger partial charge is 0.453 e. The molecular weight excluding hydrogens is 440 g/mol. The molecule has 0 bridgehead atoms. The van der Waals surface area contributed by atoms with Gasteiger partial charge in [-0.15, -0.1) is 0 Å². The molecule has 1 fully saturated rings. The van der Waals surface area contributed by atoms with E-state index in [-0.39, 0.29) is 6.42 Å². The number of nitrogens with zero attached hydrogens (tertiary/aromatic N) is 2. The first-order valence-corrected chi connectivity index (χ1v) is 11.6. The smallest absolute Gasteiger partial charge is 0.411 e. The highest BCUT2D eigenvalue weighted by atomic mass is 16.6. The number of hydrogen-bond donors (Lipinski definition) is 0. The number of rotatable bonds is 4. The molecule has 0 saturated carbocycles. The fourth-order valence-electron chi connectivity index (χ4n) is 4.35. The summed E-state index contributed by atoms with van der Waals surface area (Å²) >= 11 is 0. The number of carbonyl (C=O) groups excluding carboxylic acids is 2. The highest BCUT2D eigenvalue weighted by Crippen LogP contribution is 2.43. The van der Waals surface area contributed by atoms with Crippen LogP contribution in [0.15, 0.2) is 84.9 Å². The lowest BCUT2D eigenvalue weighted by Gasteiger charge is -2.45. The fraction of sp³-hybridized carbons (Fsp3) is 0.276. The lowest BCUT2D eigenvalue weighted by molar-refractivity contribution is -0.174. The Morgan fingerprint density at radius 3 is 2.11 bits per heavy atom. The third-order valence-corrected chi connectivity index (χ3v) is 5.86. The van der Waals surface area contributed by atoms with E-state index in [0.717, 1.165) is 11.1 Å². The van der Waals surface area contributed by atoms with E-state index in [1.807, 2.05) is 66.7 Å². The van der Waals surface area contributed by atoms with Crippen molar-refractivity contribution in [3.05, 3.63) is 107 Å². The summed E-state index contributed by atoms with van der Waals surface area (Å²) in [5.74, 6) is -0.537. The minimum Gasteiger partial charge on any atom is -0.453 e. The number of cyclic esters (lactones) is 1. The van der Waals surface area contributed by atoms with E-state index in [9.17, 15) is 14.9 Å². The van der Waals surface area contributed by atoms with Crippen LogP contribution in [0.1, 0.15) is 55.2 Å². The molecule has 6 heteroatoms. The van der Waals surface area contributed by atoms with Crippen molar-refractivity contribution >= 4 is 12.1 Å². The van der Waals surface area contributed by atoms with E-state index in [0.29, 0.717) is 11.1 Å². The van der Waals surface area contributed by atoms with E-state index in [2.05, 4.69) is 6.07 Å². The standard InChI is InChI=1S/C29H28N2O4/c1-29(2,3)35-28(33)31-24(18-22-16-10-11-17-23(22)19-30)27(32)34-26(21-14-8-5-9-15-21)25(31)20-12-6-4-7-13-20/h4-17,24-26H,18H2,1-3H3/t24-,25-,26+/m1/s1. The predicted octanol–water partition coefficient (Wildman–Crippen LogP) is 5.75. The minimum atomic E-state index is -0.968. The first kappa shape index (κ1) is 24.0. The van der Waals surface area contributed by atoms with Gasteiger partial charge in [0.25, 0.3) is 0 Å².